The summed E-state index contributed by atoms with van der Waals surface area (Å²) in [7, 11) is 3.93. The molecule has 5 heterocycles. The van der Waals surface area contributed by atoms with Crippen LogP contribution in [0.1, 0.15) is 5.56 Å². The van der Waals surface area contributed by atoms with Crippen LogP contribution in [0.4, 0.5) is 21.6 Å². The molecule has 1 atom stereocenters. The third-order valence-corrected chi connectivity index (χ3v) is 8.10. The van der Waals surface area contributed by atoms with Crippen molar-refractivity contribution in [2.45, 2.75) is 13.0 Å². The smallest absolute Gasteiger partial charge is 0.246 e. The Bertz CT molecular complexity index is 1940. The molecule has 11 nitrogen and oxygen atoms in total. The number of amides is 1. The number of carbonyl (C=O) groups excluding carboxylic acids is 1. The highest BCUT2D eigenvalue weighted by Crippen LogP contribution is 2.39. The van der Waals surface area contributed by atoms with Crippen molar-refractivity contribution in [3.8, 4) is 17.2 Å². The lowest BCUT2D eigenvalue weighted by atomic mass is 10.1. The zero-order valence-corrected chi connectivity index (χ0v) is 25.3. The van der Waals surface area contributed by atoms with E-state index in [1.807, 2.05) is 65.8 Å². The van der Waals surface area contributed by atoms with E-state index in [1.54, 1.807) is 30.5 Å². The number of carbonyl (C=O) groups is 1. The molecule has 2 aliphatic heterocycles. The van der Waals surface area contributed by atoms with E-state index in [0.717, 1.165) is 22.3 Å². The van der Waals surface area contributed by atoms with Gasteiger partial charge >= 0.3 is 0 Å². The molecule has 3 aromatic heterocycles. The number of aryl methyl sites for hydroxylation is 1. The summed E-state index contributed by atoms with van der Waals surface area (Å²) < 4.78 is 29.6. The average Bonchev–Trinajstić information content (AvgIpc) is 3.45. The van der Waals surface area contributed by atoms with Crippen LogP contribution in [-0.2, 0) is 4.79 Å². The van der Waals surface area contributed by atoms with Crippen molar-refractivity contribution in [3.63, 3.8) is 0 Å². The van der Waals surface area contributed by atoms with Gasteiger partial charge in [0.15, 0.2) is 0 Å². The van der Waals surface area contributed by atoms with Crippen LogP contribution in [0, 0.1) is 12.7 Å². The highest BCUT2D eigenvalue weighted by atomic mass is 19.1. The number of nitrogens with one attached hydrogen (secondary N) is 1. The molecule has 12 heteroatoms. The molecular weight excluding hydrogens is 575 g/mol. The van der Waals surface area contributed by atoms with Crippen LogP contribution in [0.3, 0.4) is 0 Å². The summed E-state index contributed by atoms with van der Waals surface area (Å²) in [5.74, 6) is 1.65. The Labute approximate surface area is 259 Å². The highest BCUT2D eigenvalue weighted by Gasteiger charge is 2.34. The van der Waals surface area contributed by atoms with Crippen LogP contribution < -0.4 is 19.7 Å². The van der Waals surface area contributed by atoms with Gasteiger partial charge in [0.05, 0.1) is 22.9 Å². The molecule has 7 rings (SSSR count). The van der Waals surface area contributed by atoms with E-state index >= 15 is 4.39 Å². The minimum Gasteiger partial charge on any atom is -0.489 e. The van der Waals surface area contributed by atoms with Gasteiger partial charge < -0.3 is 33.9 Å². The van der Waals surface area contributed by atoms with Crippen LogP contribution in [0.5, 0.6) is 17.2 Å². The number of imidazole rings is 1. The molecule has 0 saturated carbocycles. The number of aromatic nitrogens is 4. The number of anilines is 3. The van der Waals surface area contributed by atoms with Crippen LogP contribution in [0.25, 0.3) is 16.6 Å². The van der Waals surface area contributed by atoms with Crippen LogP contribution in [0.15, 0.2) is 73.5 Å². The Morgan fingerprint density at radius 3 is 2.91 bits per heavy atom. The molecule has 0 unspecified atom stereocenters. The minimum absolute atomic E-state index is 0.00796. The fourth-order valence-electron chi connectivity index (χ4n) is 5.77. The van der Waals surface area contributed by atoms with E-state index in [9.17, 15) is 4.79 Å². The number of piperazine rings is 1. The standard InChI is InChI=1S/C33H33FN8O3/c1-21-13-27(25(34)16-29(21)45-23-6-9-40-10-7-35-31(40)14-23)38-33-24-15-28-30(17-26(24)36-20-37-33)44-19-22-18-41(28)11-12-42(22)32(43)5-4-8-39(2)3/h4-7,9-10,13-17,20,22H,8,11-12,18-19H2,1-3H3,(H,36,37,38)/b5-4+/t22-/m0/s1. The van der Waals surface area contributed by atoms with Crippen molar-refractivity contribution in [1.82, 2.24) is 29.2 Å². The van der Waals surface area contributed by atoms with Gasteiger partial charge in [-0.15, -0.1) is 0 Å². The number of benzene rings is 2. The Kier molecular flexibility index (Phi) is 7.42. The summed E-state index contributed by atoms with van der Waals surface area (Å²) >= 11 is 0. The number of halogens is 1. The van der Waals surface area contributed by atoms with E-state index in [4.69, 9.17) is 9.47 Å². The van der Waals surface area contributed by atoms with Crippen molar-refractivity contribution in [3.05, 3.63) is 84.8 Å². The predicted octanol–water partition coefficient (Wildman–Crippen LogP) is 4.79. The topological polar surface area (TPSA) is 100 Å². The van der Waals surface area contributed by atoms with Gasteiger partial charge in [-0.2, -0.15) is 0 Å². The molecule has 0 aliphatic carbocycles. The van der Waals surface area contributed by atoms with E-state index in [1.165, 1.54) is 12.4 Å². The van der Waals surface area contributed by atoms with Crippen LogP contribution in [-0.4, -0.2) is 88.0 Å². The monoisotopic (exact) mass is 608 g/mol. The van der Waals surface area contributed by atoms with Gasteiger partial charge in [-0.3, -0.25) is 4.79 Å². The SMILES string of the molecule is Cc1cc(Nc2ncnc3cc4c(cc23)N2CCN(C(=O)/C=C/CN(C)C)[C@H](CO4)C2)c(F)cc1Oc1ccn2ccnc2c1. The van der Waals surface area contributed by atoms with E-state index < -0.39 is 5.82 Å². The van der Waals surface area contributed by atoms with Crippen LogP contribution >= 0.6 is 0 Å². The molecule has 0 radical (unpaired) electrons. The van der Waals surface area contributed by atoms with E-state index in [-0.39, 0.29) is 17.6 Å². The van der Waals surface area contributed by atoms with Gasteiger partial charge in [0.2, 0.25) is 5.91 Å². The highest BCUT2D eigenvalue weighted by molar-refractivity contribution is 5.95. The summed E-state index contributed by atoms with van der Waals surface area (Å²) in [6.45, 7) is 4.83. The first kappa shape index (κ1) is 28.5. The van der Waals surface area contributed by atoms with Gasteiger partial charge in [0, 0.05) is 74.4 Å². The molecule has 230 valence electrons. The minimum atomic E-state index is -0.481. The quantitative estimate of drug-likeness (QED) is 0.262. The van der Waals surface area contributed by atoms with Crippen molar-refractivity contribution in [1.29, 1.82) is 0 Å². The number of likely N-dealkylation sites (N-methyl/N-ethyl adjacent to an activating group) is 1. The second-order valence-electron chi connectivity index (χ2n) is 11.5. The second kappa shape index (κ2) is 11.7. The molecule has 2 bridgehead atoms. The summed E-state index contributed by atoms with van der Waals surface area (Å²) in [6.07, 6.45) is 10.4. The Morgan fingerprint density at radius 1 is 1.16 bits per heavy atom. The Balaban J connectivity index is 1.12. The Morgan fingerprint density at radius 2 is 2.04 bits per heavy atom. The van der Waals surface area contributed by atoms with Crippen molar-refractivity contribution >= 4 is 39.6 Å². The molecule has 45 heavy (non-hydrogen) atoms. The lowest BCUT2D eigenvalue weighted by Crippen LogP contribution is -2.56. The second-order valence-corrected chi connectivity index (χ2v) is 11.5. The molecule has 2 aliphatic rings. The number of fused-ring (bicyclic) bond motifs is 6. The summed E-state index contributed by atoms with van der Waals surface area (Å²) in [6, 6.07) is 10.5. The number of nitrogens with zero attached hydrogens (tertiary/aromatic N) is 7. The van der Waals surface area contributed by atoms with Gasteiger partial charge in [-0.1, -0.05) is 6.08 Å². The number of hydrogen-bond donors (Lipinski definition) is 1. The zero-order chi connectivity index (χ0) is 31.1. The molecule has 2 aromatic carbocycles. The fraction of sp³-hybridized carbons (Fsp3) is 0.273. The maximum Gasteiger partial charge on any atom is 0.246 e. The summed E-state index contributed by atoms with van der Waals surface area (Å²) in [4.78, 5) is 32.3. The molecule has 1 fully saturated rings. The predicted molar refractivity (Wildman–Crippen MR) is 170 cm³/mol. The molecule has 1 saturated heterocycles. The van der Waals surface area contributed by atoms with Crippen LogP contribution in [0.2, 0.25) is 0 Å². The summed E-state index contributed by atoms with van der Waals surface area (Å²) in [5.41, 5.74) is 3.31. The van der Waals surface area contributed by atoms with Crippen molar-refractivity contribution in [2.24, 2.45) is 0 Å². The number of ether oxygens (including phenoxy) is 2. The molecule has 5 aromatic rings. The number of rotatable bonds is 7. The largest absolute Gasteiger partial charge is 0.489 e. The molecule has 0 spiro atoms. The first-order chi connectivity index (χ1) is 21.8. The van der Waals surface area contributed by atoms with Gasteiger partial charge in [-0.25, -0.2) is 19.3 Å². The first-order valence-corrected chi connectivity index (χ1v) is 14.8. The average molecular weight is 609 g/mol. The zero-order valence-electron chi connectivity index (χ0n) is 25.3. The molecular formula is C33H33FN8O3. The van der Waals surface area contributed by atoms with E-state index in [0.29, 0.717) is 61.4 Å². The van der Waals surface area contributed by atoms with Crippen molar-refractivity contribution in [2.75, 3.05) is 57.1 Å². The van der Waals surface area contributed by atoms with E-state index in [2.05, 4.69) is 25.2 Å². The van der Waals surface area contributed by atoms with Gasteiger partial charge in [-0.05, 0) is 44.8 Å². The van der Waals surface area contributed by atoms with Gasteiger partial charge in [0.25, 0.3) is 0 Å². The normalized spacial score (nSPS) is 16.2. The Hall–Kier alpha value is -5.23. The third-order valence-electron chi connectivity index (χ3n) is 8.10. The van der Waals surface area contributed by atoms with Gasteiger partial charge in [0.1, 0.15) is 47.5 Å². The number of pyridine rings is 1. The number of hydrogen-bond acceptors (Lipinski definition) is 9. The summed E-state index contributed by atoms with van der Waals surface area (Å²) in [5, 5.41) is 3.91. The molecule has 1 N–H and O–H groups in total. The molecule has 1 amide bonds. The third kappa shape index (κ3) is 5.72. The lowest BCUT2D eigenvalue weighted by Gasteiger charge is -2.39. The maximum absolute atomic E-state index is 15.5. The first-order valence-electron chi connectivity index (χ1n) is 14.8. The lowest BCUT2D eigenvalue weighted by molar-refractivity contribution is -0.129. The van der Waals surface area contributed by atoms with Crippen molar-refractivity contribution < 1.29 is 18.7 Å². The maximum atomic E-state index is 15.5. The fourth-order valence-corrected chi connectivity index (χ4v) is 5.77.